The lowest BCUT2D eigenvalue weighted by atomic mass is 9.93. The average molecular weight is 920 g/mol. The Kier molecular flexibility index (Phi) is 18.5. The molecule has 0 fully saturated rings. The maximum atomic E-state index is 14.7. The van der Waals surface area contributed by atoms with Crippen molar-refractivity contribution in [3.63, 3.8) is 0 Å². The van der Waals surface area contributed by atoms with E-state index in [2.05, 4.69) is 38.2 Å². The molecule has 67 heavy (non-hydrogen) atoms. The Bertz CT molecular complexity index is 2420. The van der Waals surface area contributed by atoms with Gasteiger partial charge >= 0.3 is 6.01 Å². The molecule has 0 aliphatic carbocycles. The summed E-state index contributed by atoms with van der Waals surface area (Å²) in [7, 11) is 1.41. The zero-order valence-corrected chi connectivity index (χ0v) is 38.6. The molecular weight excluding hydrogens is 859 g/mol. The maximum absolute atomic E-state index is 14.7. The summed E-state index contributed by atoms with van der Waals surface area (Å²) in [6, 6.07) is 14.6. The van der Waals surface area contributed by atoms with Gasteiger partial charge in [0.05, 0.1) is 23.0 Å². The first-order chi connectivity index (χ1) is 32.2. The number of benzene rings is 3. The van der Waals surface area contributed by atoms with Gasteiger partial charge in [-0.25, -0.2) is 0 Å². The number of hydrogen-bond acceptors (Lipinski definition) is 14. The summed E-state index contributed by atoms with van der Waals surface area (Å²) in [6.45, 7) is 7.17. The molecule has 4 unspecified atom stereocenters. The van der Waals surface area contributed by atoms with E-state index in [9.17, 15) is 24.0 Å². The Morgan fingerprint density at radius 1 is 0.896 bits per heavy atom. The molecule has 356 valence electrons. The van der Waals surface area contributed by atoms with E-state index in [-0.39, 0.29) is 63.8 Å². The third kappa shape index (κ3) is 13.2. The molecule has 19 nitrogen and oxygen atoms in total. The number of carbonyl (C=O) groups is 5. The predicted octanol–water partition coefficient (Wildman–Crippen LogP) is 2.40. The number of nitrogens with zero attached hydrogens (tertiary/aromatic N) is 4. The van der Waals surface area contributed by atoms with Crippen LogP contribution in [0.25, 0.3) is 11.1 Å². The molecule has 0 saturated heterocycles. The molecule has 5 rings (SSSR count). The molecule has 19 heteroatoms. The summed E-state index contributed by atoms with van der Waals surface area (Å²) in [5, 5.41) is 19.9. The van der Waals surface area contributed by atoms with Gasteiger partial charge in [-0.3, -0.25) is 24.0 Å². The topological polar surface area (TPSA) is 292 Å². The molecule has 0 saturated carbocycles. The molecule has 4 aromatic rings. The highest BCUT2D eigenvalue weighted by atomic mass is 16.5. The van der Waals surface area contributed by atoms with Crippen LogP contribution in [0.3, 0.4) is 0 Å². The van der Waals surface area contributed by atoms with Crippen LogP contribution in [-0.2, 0) is 32.0 Å². The van der Waals surface area contributed by atoms with E-state index in [0.29, 0.717) is 50.9 Å². The zero-order chi connectivity index (χ0) is 48.6. The molecule has 10 N–H and O–H groups in total. The molecule has 3 aromatic carbocycles. The molecule has 4 bridgehead atoms. The minimum Gasteiger partial charge on any atom is -0.492 e. The van der Waals surface area contributed by atoms with Gasteiger partial charge in [0.25, 0.3) is 5.91 Å². The van der Waals surface area contributed by atoms with Crippen molar-refractivity contribution in [3.8, 4) is 40.5 Å². The van der Waals surface area contributed by atoms with Crippen molar-refractivity contribution in [1.29, 1.82) is 5.26 Å². The molecule has 1 aromatic heterocycles. The van der Waals surface area contributed by atoms with Crippen molar-refractivity contribution in [2.24, 2.45) is 17.2 Å². The first kappa shape index (κ1) is 50.9. The van der Waals surface area contributed by atoms with Gasteiger partial charge in [0.2, 0.25) is 23.6 Å². The van der Waals surface area contributed by atoms with Crippen molar-refractivity contribution in [2.75, 3.05) is 46.4 Å². The van der Waals surface area contributed by atoms with Crippen molar-refractivity contribution < 1.29 is 38.2 Å². The first-order valence-electron chi connectivity index (χ1n) is 22.3. The summed E-state index contributed by atoms with van der Waals surface area (Å²) in [5.41, 5.74) is 21.5. The molecule has 5 amide bonds. The van der Waals surface area contributed by atoms with Crippen LogP contribution in [0.5, 0.6) is 23.3 Å². The number of carbonyl (C=O) groups excluding carboxylic acids is 5. The van der Waals surface area contributed by atoms with Crippen LogP contribution in [0.4, 0.5) is 0 Å². The average Bonchev–Trinajstić information content (AvgIpc) is 3.30. The molecule has 4 atom stereocenters. The molecule has 0 radical (unpaired) electrons. The second-order valence-corrected chi connectivity index (χ2v) is 16.1. The third-order valence-corrected chi connectivity index (χ3v) is 11.0. The number of nitriles is 1. The minimum atomic E-state index is -1.42. The number of nitrogens with one attached hydrogen (secondary N) is 4. The number of hydrogen-bond donors (Lipinski definition) is 7. The lowest BCUT2D eigenvalue weighted by Gasteiger charge is -2.32. The van der Waals surface area contributed by atoms with E-state index in [1.54, 1.807) is 50.2 Å². The predicted molar refractivity (Wildman–Crippen MR) is 250 cm³/mol. The second kappa shape index (κ2) is 24.4. The molecular formula is C48H61N11O8. The van der Waals surface area contributed by atoms with Crippen molar-refractivity contribution in [3.05, 3.63) is 94.3 Å². The Labute approximate surface area is 390 Å². The van der Waals surface area contributed by atoms with Crippen LogP contribution >= 0.6 is 0 Å². The molecule has 0 spiro atoms. The number of aromatic nitrogens is 2. The van der Waals surface area contributed by atoms with Gasteiger partial charge < -0.3 is 57.6 Å². The Morgan fingerprint density at radius 3 is 2.15 bits per heavy atom. The normalized spacial score (nSPS) is 16.3. The van der Waals surface area contributed by atoms with Gasteiger partial charge in [-0.05, 0) is 99.7 Å². The van der Waals surface area contributed by atoms with E-state index >= 15 is 0 Å². The van der Waals surface area contributed by atoms with E-state index in [1.165, 1.54) is 24.4 Å². The molecule has 1 aliphatic heterocycles. The fourth-order valence-electron chi connectivity index (χ4n) is 7.63. The zero-order valence-electron chi connectivity index (χ0n) is 38.6. The quantitative estimate of drug-likeness (QED) is 0.0666. The monoisotopic (exact) mass is 919 g/mol. The number of unbranched alkanes of at least 4 members (excludes halogenated alkanes) is 1. The smallest absolute Gasteiger partial charge is 0.322 e. The number of nitrogens with two attached hydrogens (primary N) is 3. The first-order valence-corrected chi connectivity index (χ1v) is 22.3. The van der Waals surface area contributed by atoms with Gasteiger partial charge in [-0.15, -0.1) is 0 Å². The molecule has 2 heterocycles. The van der Waals surface area contributed by atoms with Crippen LogP contribution in [0, 0.1) is 25.2 Å². The summed E-state index contributed by atoms with van der Waals surface area (Å²) in [4.78, 5) is 80.5. The van der Waals surface area contributed by atoms with Crippen LogP contribution in [0.1, 0.15) is 77.6 Å². The van der Waals surface area contributed by atoms with Crippen LogP contribution in [0.2, 0.25) is 0 Å². The fraction of sp³-hybridized carbons (Fsp3) is 0.417. The minimum absolute atomic E-state index is 0.00261. The van der Waals surface area contributed by atoms with Crippen molar-refractivity contribution in [2.45, 2.75) is 84.0 Å². The Morgan fingerprint density at radius 2 is 1.54 bits per heavy atom. The van der Waals surface area contributed by atoms with Gasteiger partial charge in [0.1, 0.15) is 61.2 Å². The number of likely N-dealkylation sites (N-methyl/N-ethyl adjacent to an activating group) is 1. The maximum Gasteiger partial charge on any atom is 0.322 e. The fourth-order valence-corrected chi connectivity index (χ4v) is 7.63. The number of aryl methyl sites for hydroxylation is 3. The van der Waals surface area contributed by atoms with Crippen molar-refractivity contribution >= 4 is 29.5 Å². The second-order valence-electron chi connectivity index (χ2n) is 16.1. The van der Waals surface area contributed by atoms with E-state index < -0.39 is 53.7 Å². The summed E-state index contributed by atoms with van der Waals surface area (Å²) >= 11 is 0. The Balaban J connectivity index is 1.53. The van der Waals surface area contributed by atoms with Crippen LogP contribution in [-0.4, -0.2) is 109 Å². The summed E-state index contributed by atoms with van der Waals surface area (Å²) in [5.74, 6) is -2.13. The van der Waals surface area contributed by atoms with Crippen LogP contribution in [0.15, 0.2) is 60.7 Å². The number of ether oxygens (including phenoxy) is 3. The largest absolute Gasteiger partial charge is 0.492 e. The summed E-state index contributed by atoms with van der Waals surface area (Å²) < 4.78 is 18.1. The van der Waals surface area contributed by atoms with Crippen LogP contribution < -0.4 is 52.7 Å². The highest BCUT2D eigenvalue weighted by Gasteiger charge is 2.36. The lowest BCUT2D eigenvalue weighted by Crippen LogP contribution is -2.56. The lowest BCUT2D eigenvalue weighted by molar-refractivity contribution is -0.141. The SMILES string of the molecule is CCCCc1ccc(Oc2nc(C)c(C(=O)NC(CCN)C(=O)N(C)C3C(=O)NC(C)C(=O)NC(C(=O)NCC#N)Cc4ccc(OCCN)c(c4)-c4cc3ccc4OCCN)c(C)n2)cc1. The van der Waals surface area contributed by atoms with E-state index in [0.717, 1.165) is 19.3 Å². The third-order valence-electron chi connectivity index (χ3n) is 11.0. The van der Waals surface area contributed by atoms with E-state index in [1.807, 2.05) is 30.3 Å². The number of rotatable bonds is 19. The highest BCUT2D eigenvalue weighted by Crippen LogP contribution is 2.40. The van der Waals surface area contributed by atoms with Gasteiger partial charge in [0, 0.05) is 37.7 Å². The van der Waals surface area contributed by atoms with Gasteiger partial charge in [0.15, 0.2) is 0 Å². The van der Waals surface area contributed by atoms with Gasteiger partial charge in [-0.2, -0.15) is 15.2 Å². The van der Waals surface area contributed by atoms with E-state index in [4.69, 9.17) is 36.7 Å². The standard InChI is InChI=1S/C48H61N11O8/c1-6-7-8-31-9-13-34(14-10-31)67-48-55-28(2)41(29(3)56-48)45(62)57-37(17-18-49)47(64)59(5)42-33-12-16-40(66-24-21-52)36(27-33)35-25-32(11-15-39(35)65-23-20-51)26-38(44(61)53-22-19-50)58-43(60)30(4)54-46(42)63/h9-16,25,27,30,37-38,42H,6-8,17-18,20-24,26,49,51-52H2,1-5H3,(H,53,61)(H,54,63)(H,57,62)(H,58,60). The summed E-state index contributed by atoms with van der Waals surface area (Å²) in [6.07, 6.45) is 3.10. The van der Waals surface area contributed by atoms with Crippen molar-refractivity contribution in [1.82, 2.24) is 36.1 Å². The molecule has 1 aliphatic rings. The van der Waals surface area contributed by atoms with Gasteiger partial charge in [-0.1, -0.05) is 37.6 Å². The number of amides is 5. The Hall–Kier alpha value is -7.14. The highest BCUT2D eigenvalue weighted by molar-refractivity contribution is 6.00. The number of fused-ring (bicyclic) bond motifs is 5.